The number of carbonyl (C=O) groups is 1. The molecule has 0 spiro atoms. The molecule has 1 aromatic carbocycles. The first kappa shape index (κ1) is 11.6. The summed E-state index contributed by atoms with van der Waals surface area (Å²) >= 11 is 0. The van der Waals surface area contributed by atoms with Crippen molar-refractivity contribution in [3.05, 3.63) is 35.3 Å². The number of fused-ring (bicyclic) bond motifs is 1. The van der Waals surface area contributed by atoms with E-state index in [1.165, 1.54) is 12.1 Å². The SMILES string of the molecule is CCOC(=O)c1[nH]c2ccc(F)cc2c1CC. The van der Waals surface area contributed by atoms with Crippen LogP contribution in [0.15, 0.2) is 18.2 Å². The summed E-state index contributed by atoms with van der Waals surface area (Å²) in [7, 11) is 0. The monoisotopic (exact) mass is 235 g/mol. The Balaban J connectivity index is 2.60. The predicted molar refractivity (Wildman–Crippen MR) is 63.6 cm³/mol. The van der Waals surface area contributed by atoms with E-state index in [4.69, 9.17) is 4.74 Å². The Morgan fingerprint density at radius 2 is 2.18 bits per heavy atom. The highest BCUT2D eigenvalue weighted by Crippen LogP contribution is 2.24. The Bertz CT molecular complexity index is 560. The van der Waals surface area contributed by atoms with Gasteiger partial charge in [-0.2, -0.15) is 0 Å². The summed E-state index contributed by atoms with van der Waals surface area (Å²) < 4.78 is 18.1. The topological polar surface area (TPSA) is 42.1 Å². The Morgan fingerprint density at radius 3 is 2.82 bits per heavy atom. The van der Waals surface area contributed by atoms with E-state index in [-0.39, 0.29) is 11.8 Å². The van der Waals surface area contributed by atoms with Crippen LogP contribution in [0, 0.1) is 5.82 Å². The van der Waals surface area contributed by atoms with Gasteiger partial charge in [-0.1, -0.05) is 6.92 Å². The summed E-state index contributed by atoms with van der Waals surface area (Å²) in [5, 5.41) is 0.746. The van der Waals surface area contributed by atoms with Gasteiger partial charge in [0.15, 0.2) is 0 Å². The fourth-order valence-corrected chi connectivity index (χ4v) is 1.96. The third kappa shape index (κ3) is 2.02. The Labute approximate surface area is 98.6 Å². The smallest absolute Gasteiger partial charge is 0.355 e. The molecule has 2 rings (SSSR count). The molecule has 90 valence electrons. The van der Waals surface area contributed by atoms with Gasteiger partial charge < -0.3 is 9.72 Å². The molecule has 0 unspecified atom stereocenters. The van der Waals surface area contributed by atoms with Crippen molar-refractivity contribution in [3.8, 4) is 0 Å². The third-order valence-corrected chi connectivity index (χ3v) is 2.70. The summed E-state index contributed by atoms with van der Waals surface area (Å²) in [5.74, 6) is -0.692. The highest BCUT2D eigenvalue weighted by Gasteiger charge is 2.17. The number of aromatic amines is 1. The standard InChI is InChI=1S/C13H14FNO2/c1-3-9-10-7-8(14)5-6-11(10)15-12(9)13(16)17-4-2/h5-7,15H,3-4H2,1-2H3. The molecule has 2 aromatic rings. The Hall–Kier alpha value is -1.84. The van der Waals surface area contributed by atoms with Gasteiger partial charge in [0.25, 0.3) is 0 Å². The van der Waals surface area contributed by atoms with Gasteiger partial charge in [-0.15, -0.1) is 0 Å². The number of hydrogen-bond acceptors (Lipinski definition) is 2. The van der Waals surface area contributed by atoms with E-state index in [0.29, 0.717) is 18.7 Å². The Kier molecular flexibility index (Phi) is 3.13. The van der Waals surface area contributed by atoms with Gasteiger partial charge >= 0.3 is 5.97 Å². The minimum absolute atomic E-state index is 0.304. The van der Waals surface area contributed by atoms with Crippen LogP contribution >= 0.6 is 0 Å². The molecule has 0 fully saturated rings. The molecule has 1 heterocycles. The molecule has 0 saturated carbocycles. The van der Waals surface area contributed by atoms with Crippen molar-refractivity contribution in [2.24, 2.45) is 0 Å². The fraction of sp³-hybridized carbons (Fsp3) is 0.308. The second-order valence-electron chi connectivity index (χ2n) is 3.74. The second kappa shape index (κ2) is 4.57. The lowest BCUT2D eigenvalue weighted by molar-refractivity contribution is 0.0519. The molecule has 0 bridgehead atoms. The van der Waals surface area contributed by atoms with E-state index in [0.717, 1.165) is 16.5 Å². The summed E-state index contributed by atoms with van der Waals surface area (Å²) in [4.78, 5) is 14.7. The average molecular weight is 235 g/mol. The number of esters is 1. The fourth-order valence-electron chi connectivity index (χ4n) is 1.96. The first-order chi connectivity index (χ1) is 8.17. The number of nitrogens with one attached hydrogen (secondary N) is 1. The molecular weight excluding hydrogens is 221 g/mol. The highest BCUT2D eigenvalue weighted by atomic mass is 19.1. The van der Waals surface area contributed by atoms with Crippen LogP contribution in [0.1, 0.15) is 29.9 Å². The van der Waals surface area contributed by atoms with Crippen LogP contribution in [-0.4, -0.2) is 17.6 Å². The van der Waals surface area contributed by atoms with Gasteiger partial charge in [0.05, 0.1) is 6.61 Å². The van der Waals surface area contributed by atoms with E-state index >= 15 is 0 Å². The molecule has 3 nitrogen and oxygen atoms in total. The van der Waals surface area contributed by atoms with E-state index in [1.807, 2.05) is 6.92 Å². The van der Waals surface area contributed by atoms with Crippen LogP contribution in [0.2, 0.25) is 0 Å². The second-order valence-corrected chi connectivity index (χ2v) is 3.74. The summed E-state index contributed by atoms with van der Waals surface area (Å²) in [6.45, 7) is 4.01. The molecule has 0 atom stereocenters. The van der Waals surface area contributed by atoms with Crippen LogP contribution in [0.4, 0.5) is 4.39 Å². The van der Waals surface area contributed by atoms with Gasteiger partial charge in [-0.3, -0.25) is 0 Å². The van der Waals surface area contributed by atoms with Gasteiger partial charge in [-0.05, 0) is 37.1 Å². The lowest BCUT2D eigenvalue weighted by Gasteiger charge is -2.01. The number of carbonyl (C=O) groups excluding carboxylic acids is 1. The van der Waals surface area contributed by atoms with Gasteiger partial charge in [0.1, 0.15) is 11.5 Å². The quantitative estimate of drug-likeness (QED) is 0.831. The average Bonchev–Trinajstić information content (AvgIpc) is 2.67. The predicted octanol–water partition coefficient (Wildman–Crippen LogP) is 3.05. The van der Waals surface area contributed by atoms with Crippen LogP contribution in [0.5, 0.6) is 0 Å². The number of ether oxygens (including phenoxy) is 1. The van der Waals surface area contributed by atoms with E-state index in [9.17, 15) is 9.18 Å². The largest absolute Gasteiger partial charge is 0.461 e. The van der Waals surface area contributed by atoms with Crippen LogP contribution in [0.25, 0.3) is 10.9 Å². The van der Waals surface area contributed by atoms with Crippen molar-refractivity contribution < 1.29 is 13.9 Å². The molecular formula is C13H14FNO2. The maximum Gasteiger partial charge on any atom is 0.355 e. The van der Waals surface area contributed by atoms with E-state index in [2.05, 4.69) is 4.98 Å². The van der Waals surface area contributed by atoms with Crippen LogP contribution in [-0.2, 0) is 11.2 Å². The number of hydrogen-bond donors (Lipinski definition) is 1. The third-order valence-electron chi connectivity index (χ3n) is 2.70. The lowest BCUT2D eigenvalue weighted by Crippen LogP contribution is -2.07. The van der Waals surface area contributed by atoms with E-state index in [1.54, 1.807) is 13.0 Å². The zero-order chi connectivity index (χ0) is 12.4. The first-order valence-electron chi connectivity index (χ1n) is 5.64. The van der Waals surface area contributed by atoms with Gasteiger partial charge in [-0.25, -0.2) is 9.18 Å². The molecule has 0 aliphatic heterocycles. The molecule has 0 saturated heterocycles. The number of H-pyrrole nitrogens is 1. The number of aromatic nitrogens is 1. The summed E-state index contributed by atoms with van der Waals surface area (Å²) in [5.41, 5.74) is 1.99. The molecule has 0 amide bonds. The van der Waals surface area contributed by atoms with Crippen LogP contribution in [0.3, 0.4) is 0 Å². The van der Waals surface area contributed by atoms with Crippen molar-refractivity contribution in [2.45, 2.75) is 20.3 Å². The first-order valence-corrected chi connectivity index (χ1v) is 5.64. The van der Waals surface area contributed by atoms with Crippen molar-refractivity contribution in [2.75, 3.05) is 6.61 Å². The molecule has 17 heavy (non-hydrogen) atoms. The minimum atomic E-state index is -0.388. The van der Waals surface area contributed by atoms with Crippen LogP contribution < -0.4 is 0 Å². The molecule has 0 aliphatic rings. The van der Waals surface area contributed by atoms with Gasteiger partial charge in [0.2, 0.25) is 0 Å². The van der Waals surface area contributed by atoms with Crippen molar-refractivity contribution in [1.29, 1.82) is 0 Å². The van der Waals surface area contributed by atoms with Crippen molar-refractivity contribution in [3.63, 3.8) is 0 Å². The summed E-state index contributed by atoms with van der Waals surface area (Å²) in [6.07, 6.45) is 0.650. The zero-order valence-electron chi connectivity index (χ0n) is 9.84. The lowest BCUT2D eigenvalue weighted by atomic mass is 10.1. The van der Waals surface area contributed by atoms with Crippen molar-refractivity contribution >= 4 is 16.9 Å². The zero-order valence-corrected chi connectivity index (χ0v) is 9.84. The molecule has 1 N–H and O–H groups in total. The molecule has 4 heteroatoms. The minimum Gasteiger partial charge on any atom is -0.461 e. The summed E-state index contributed by atoms with van der Waals surface area (Å²) in [6, 6.07) is 4.44. The number of halogens is 1. The highest BCUT2D eigenvalue weighted by molar-refractivity contribution is 5.98. The Morgan fingerprint density at radius 1 is 1.41 bits per heavy atom. The van der Waals surface area contributed by atoms with Crippen molar-refractivity contribution in [1.82, 2.24) is 4.98 Å². The molecule has 1 aromatic heterocycles. The number of aryl methyl sites for hydroxylation is 1. The number of benzene rings is 1. The maximum atomic E-state index is 13.2. The number of rotatable bonds is 3. The molecule has 0 aliphatic carbocycles. The normalized spacial score (nSPS) is 10.8. The molecule has 0 radical (unpaired) electrons. The maximum absolute atomic E-state index is 13.2. The van der Waals surface area contributed by atoms with Gasteiger partial charge in [0, 0.05) is 10.9 Å². The van der Waals surface area contributed by atoms with E-state index < -0.39 is 0 Å².